The van der Waals surface area contributed by atoms with E-state index in [-0.39, 0.29) is 0 Å². The minimum absolute atomic E-state index is 0.757. The first-order valence-electron chi connectivity index (χ1n) is 5.94. The first kappa shape index (κ1) is 12.3. The zero-order chi connectivity index (χ0) is 11.9. The van der Waals surface area contributed by atoms with E-state index in [2.05, 4.69) is 41.0 Å². The number of hydrogen-bond donors (Lipinski definition) is 2. The van der Waals surface area contributed by atoms with Gasteiger partial charge in [-0.3, -0.25) is 0 Å². The summed E-state index contributed by atoms with van der Waals surface area (Å²) in [5, 5.41) is 5.62. The Morgan fingerprint density at radius 3 is 2.71 bits per heavy atom. The summed E-state index contributed by atoms with van der Waals surface area (Å²) in [4.78, 5) is 1.38. The standard InChI is InChI=1S/C14H18N2S/c15-7-4-8-16-10-14-9-13(11-17-14)12-5-2-1-3-6-12/h1-3,5-6,9,11,16H,4,7-8,10,15H2. The molecule has 1 heterocycles. The molecule has 0 spiro atoms. The summed E-state index contributed by atoms with van der Waals surface area (Å²) in [6.07, 6.45) is 1.04. The summed E-state index contributed by atoms with van der Waals surface area (Å²) < 4.78 is 0. The molecule has 17 heavy (non-hydrogen) atoms. The van der Waals surface area contributed by atoms with Crippen molar-refractivity contribution in [3.05, 3.63) is 46.7 Å². The number of nitrogens with one attached hydrogen (secondary N) is 1. The molecule has 2 aromatic rings. The van der Waals surface area contributed by atoms with Crippen molar-refractivity contribution in [1.82, 2.24) is 5.32 Å². The highest BCUT2D eigenvalue weighted by molar-refractivity contribution is 7.10. The van der Waals surface area contributed by atoms with Crippen molar-refractivity contribution < 1.29 is 0 Å². The van der Waals surface area contributed by atoms with Crippen LogP contribution in [-0.4, -0.2) is 13.1 Å². The Kier molecular flexibility index (Phi) is 4.74. The number of rotatable bonds is 6. The molecular formula is C14H18N2S. The van der Waals surface area contributed by atoms with Crippen molar-refractivity contribution >= 4 is 11.3 Å². The second-order valence-electron chi connectivity index (χ2n) is 3.99. The van der Waals surface area contributed by atoms with Crippen molar-refractivity contribution in [2.75, 3.05) is 13.1 Å². The van der Waals surface area contributed by atoms with Crippen LogP contribution >= 0.6 is 11.3 Å². The van der Waals surface area contributed by atoms with Gasteiger partial charge in [0.25, 0.3) is 0 Å². The lowest BCUT2D eigenvalue weighted by Crippen LogP contribution is -2.16. The second-order valence-corrected chi connectivity index (χ2v) is 4.98. The lowest BCUT2D eigenvalue weighted by atomic mass is 10.1. The van der Waals surface area contributed by atoms with E-state index >= 15 is 0 Å². The van der Waals surface area contributed by atoms with Crippen LogP contribution in [0.4, 0.5) is 0 Å². The highest BCUT2D eigenvalue weighted by atomic mass is 32.1. The molecule has 0 bridgehead atoms. The van der Waals surface area contributed by atoms with Gasteiger partial charge in [-0.1, -0.05) is 30.3 Å². The molecule has 90 valence electrons. The molecule has 0 unspecified atom stereocenters. The Balaban J connectivity index is 1.92. The fraction of sp³-hybridized carbons (Fsp3) is 0.286. The maximum atomic E-state index is 5.45. The average Bonchev–Trinajstić information content (AvgIpc) is 2.85. The molecule has 0 aliphatic rings. The highest BCUT2D eigenvalue weighted by Gasteiger charge is 2.01. The van der Waals surface area contributed by atoms with E-state index in [1.165, 1.54) is 16.0 Å². The molecule has 1 aromatic carbocycles. The molecule has 3 heteroatoms. The van der Waals surface area contributed by atoms with Crippen molar-refractivity contribution in [2.45, 2.75) is 13.0 Å². The number of thiophene rings is 1. The van der Waals surface area contributed by atoms with Crippen LogP contribution in [0.15, 0.2) is 41.8 Å². The quantitative estimate of drug-likeness (QED) is 0.769. The van der Waals surface area contributed by atoms with Gasteiger partial charge in [-0.2, -0.15) is 0 Å². The molecule has 0 fully saturated rings. The molecule has 1 aromatic heterocycles. The monoisotopic (exact) mass is 246 g/mol. The van der Waals surface area contributed by atoms with E-state index in [4.69, 9.17) is 5.73 Å². The van der Waals surface area contributed by atoms with Crippen LogP contribution < -0.4 is 11.1 Å². The molecule has 0 saturated heterocycles. The van der Waals surface area contributed by atoms with Crippen LogP contribution in [0.1, 0.15) is 11.3 Å². The van der Waals surface area contributed by atoms with Crippen LogP contribution in [-0.2, 0) is 6.54 Å². The smallest absolute Gasteiger partial charge is 0.0299 e. The van der Waals surface area contributed by atoms with Crippen molar-refractivity contribution in [1.29, 1.82) is 0 Å². The predicted octanol–water partition coefficient (Wildman–Crippen LogP) is 2.85. The molecular weight excluding hydrogens is 228 g/mol. The normalized spacial score (nSPS) is 10.6. The predicted molar refractivity (Wildman–Crippen MR) is 75.1 cm³/mol. The average molecular weight is 246 g/mol. The van der Waals surface area contributed by atoms with Crippen molar-refractivity contribution in [2.24, 2.45) is 5.73 Å². The van der Waals surface area contributed by atoms with Gasteiger partial charge < -0.3 is 11.1 Å². The SMILES string of the molecule is NCCCNCc1cc(-c2ccccc2)cs1. The van der Waals surface area contributed by atoms with E-state index in [1.54, 1.807) is 0 Å². The van der Waals surface area contributed by atoms with Gasteiger partial charge >= 0.3 is 0 Å². The first-order valence-corrected chi connectivity index (χ1v) is 6.82. The Morgan fingerprint density at radius 1 is 1.12 bits per heavy atom. The lowest BCUT2D eigenvalue weighted by molar-refractivity contribution is 0.660. The third-order valence-corrected chi connectivity index (χ3v) is 3.55. The Hall–Kier alpha value is -1.16. The summed E-state index contributed by atoms with van der Waals surface area (Å²) in [5.74, 6) is 0. The molecule has 2 rings (SSSR count). The van der Waals surface area contributed by atoms with Crippen LogP contribution in [0.2, 0.25) is 0 Å². The fourth-order valence-electron chi connectivity index (χ4n) is 1.69. The summed E-state index contributed by atoms with van der Waals surface area (Å²) in [5.41, 5.74) is 8.05. The summed E-state index contributed by atoms with van der Waals surface area (Å²) in [6.45, 7) is 2.69. The van der Waals surface area contributed by atoms with Gasteiger partial charge in [-0.05, 0) is 42.1 Å². The number of nitrogens with two attached hydrogens (primary N) is 1. The summed E-state index contributed by atoms with van der Waals surface area (Å²) in [6, 6.07) is 12.8. The van der Waals surface area contributed by atoms with Gasteiger partial charge in [0, 0.05) is 11.4 Å². The molecule has 0 aliphatic carbocycles. The topological polar surface area (TPSA) is 38.0 Å². The molecule has 0 amide bonds. The first-order chi connectivity index (χ1) is 8.40. The largest absolute Gasteiger partial charge is 0.330 e. The number of hydrogen-bond acceptors (Lipinski definition) is 3. The molecule has 0 aliphatic heterocycles. The van der Waals surface area contributed by atoms with Crippen molar-refractivity contribution in [3.63, 3.8) is 0 Å². The summed E-state index contributed by atoms with van der Waals surface area (Å²) in [7, 11) is 0. The minimum Gasteiger partial charge on any atom is -0.330 e. The van der Waals surface area contributed by atoms with Crippen LogP contribution in [0.25, 0.3) is 11.1 Å². The van der Waals surface area contributed by atoms with Gasteiger partial charge in [0.15, 0.2) is 0 Å². The summed E-state index contributed by atoms with van der Waals surface area (Å²) >= 11 is 1.81. The van der Waals surface area contributed by atoms with Gasteiger partial charge in [0.2, 0.25) is 0 Å². The molecule has 3 N–H and O–H groups in total. The van der Waals surface area contributed by atoms with E-state index in [9.17, 15) is 0 Å². The maximum absolute atomic E-state index is 5.45. The highest BCUT2D eigenvalue weighted by Crippen LogP contribution is 2.25. The zero-order valence-corrected chi connectivity index (χ0v) is 10.7. The van der Waals surface area contributed by atoms with Gasteiger partial charge in [-0.25, -0.2) is 0 Å². The van der Waals surface area contributed by atoms with Gasteiger partial charge in [0.05, 0.1) is 0 Å². The number of benzene rings is 1. The second kappa shape index (κ2) is 6.55. The zero-order valence-electron chi connectivity index (χ0n) is 9.86. The lowest BCUT2D eigenvalue weighted by Gasteiger charge is -2.00. The van der Waals surface area contributed by atoms with Crippen LogP contribution in [0.3, 0.4) is 0 Å². The third-order valence-electron chi connectivity index (χ3n) is 2.62. The maximum Gasteiger partial charge on any atom is 0.0299 e. The van der Waals surface area contributed by atoms with E-state index in [0.717, 1.165) is 26.1 Å². The Labute approximate surface area is 106 Å². The van der Waals surface area contributed by atoms with Crippen LogP contribution in [0.5, 0.6) is 0 Å². The fourth-order valence-corrected chi connectivity index (χ4v) is 2.56. The Bertz CT molecular complexity index is 436. The van der Waals surface area contributed by atoms with Gasteiger partial charge in [-0.15, -0.1) is 11.3 Å². The molecule has 0 radical (unpaired) electrons. The van der Waals surface area contributed by atoms with E-state index in [1.807, 2.05) is 17.4 Å². The minimum atomic E-state index is 0.757. The molecule has 0 saturated carbocycles. The van der Waals surface area contributed by atoms with Gasteiger partial charge in [0.1, 0.15) is 0 Å². The third kappa shape index (κ3) is 3.66. The van der Waals surface area contributed by atoms with E-state index in [0.29, 0.717) is 0 Å². The Morgan fingerprint density at radius 2 is 1.94 bits per heavy atom. The van der Waals surface area contributed by atoms with Crippen LogP contribution in [0, 0.1) is 0 Å². The van der Waals surface area contributed by atoms with E-state index < -0.39 is 0 Å². The molecule has 2 nitrogen and oxygen atoms in total. The van der Waals surface area contributed by atoms with Crippen molar-refractivity contribution in [3.8, 4) is 11.1 Å². The molecule has 0 atom stereocenters.